The molecule has 1 fully saturated rings. The van der Waals surface area contributed by atoms with Crippen molar-refractivity contribution in [3.63, 3.8) is 0 Å². The summed E-state index contributed by atoms with van der Waals surface area (Å²) in [5.41, 5.74) is 3.22. The molecule has 0 saturated carbocycles. The maximum absolute atomic E-state index is 13.7. The van der Waals surface area contributed by atoms with Gasteiger partial charge in [-0.05, 0) is 43.2 Å². The number of carbonyl (C=O) groups excluding carboxylic acids is 2. The summed E-state index contributed by atoms with van der Waals surface area (Å²) in [5, 5.41) is 8.92. The van der Waals surface area contributed by atoms with Gasteiger partial charge in [0, 0.05) is 29.9 Å². The highest BCUT2D eigenvalue weighted by Crippen LogP contribution is 2.40. The van der Waals surface area contributed by atoms with Gasteiger partial charge in [-0.15, -0.1) is 0 Å². The number of hydrogen-bond acceptors (Lipinski definition) is 6. The van der Waals surface area contributed by atoms with E-state index in [0.29, 0.717) is 42.9 Å². The first-order valence-electron chi connectivity index (χ1n) is 10.1. The molecule has 0 aromatic heterocycles. The molecule has 2 aliphatic heterocycles. The SMILES string of the molecule is O=C(NO)c1ccc2c(c1)OC[C@H](c1ccc(F)cc1)[N+]([S-])(C(=O)C1CCOCC1)C2. The Labute approximate surface area is 184 Å². The van der Waals surface area contributed by atoms with Crippen LogP contribution in [0.4, 0.5) is 4.39 Å². The second-order valence-corrected chi connectivity index (χ2v) is 8.47. The van der Waals surface area contributed by atoms with Crippen molar-refractivity contribution in [3.8, 4) is 5.75 Å². The third-order valence-corrected chi connectivity index (χ3v) is 6.50. The summed E-state index contributed by atoms with van der Waals surface area (Å²) in [6, 6.07) is 10.2. The lowest BCUT2D eigenvalue weighted by Crippen LogP contribution is -2.54. The molecule has 2 aromatic carbocycles. The summed E-state index contributed by atoms with van der Waals surface area (Å²) in [4.78, 5) is 25.5. The molecular formula is C22H23FN2O5S. The van der Waals surface area contributed by atoms with Crippen LogP contribution in [0.5, 0.6) is 5.75 Å². The highest BCUT2D eigenvalue weighted by atomic mass is 32.1. The maximum Gasteiger partial charge on any atom is 0.300 e. The molecule has 1 saturated heterocycles. The number of rotatable bonds is 3. The van der Waals surface area contributed by atoms with Crippen molar-refractivity contribution < 1.29 is 32.5 Å². The molecule has 0 spiro atoms. The molecule has 2 heterocycles. The molecule has 7 nitrogen and oxygen atoms in total. The Bertz CT molecular complexity index is 980. The number of quaternary nitrogens is 1. The zero-order chi connectivity index (χ0) is 22.0. The highest BCUT2D eigenvalue weighted by Gasteiger charge is 2.43. The van der Waals surface area contributed by atoms with Gasteiger partial charge in [-0.2, -0.15) is 0 Å². The number of halogens is 1. The van der Waals surface area contributed by atoms with Crippen molar-refractivity contribution in [2.45, 2.75) is 25.4 Å². The molecule has 2 amide bonds. The predicted octanol–water partition coefficient (Wildman–Crippen LogP) is 2.81. The van der Waals surface area contributed by atoms with Gasteiger partial charge < -0.3 is 26.2 Å². The van der Waals surface area contributed by atoms with Gasteiger partial charge in [-0.25, -0.2) is 14.7 Å². The fourth-order valence-electron chi connectivity index (χ4n) is 4.18. The fraction of sp³-hybridized carbons (Fsp3) is 0.364. The third-order valence-electron chi connectivity index (χ3n) is 5.93. The summed E-state index contributed by atoms with van der Waals surface area (Å²) in [6.07, 6.45) is 1.21. The number of hydrogen-bond donors (Lipinski definition) is 2. The van der Waals surface area contributed by atoms with Gasteiger partial charge in [0.05, 0.1) is 12.5 Å². The van der Waals surface area contributed by atoms with Crippen molar-refractivity contribution in [1.29, 1.82) is 0 Å². The molecule has 0 radical (unpaired) electrons. The second kappa shape index (κ2) is 8.96. The zero-order valence-corrected chi connectivity index (χ0v) is 17.6. The van der Waals surface area contributed by atoms with Crippen LogP contribution in [0.15, 0.2) is 42.5 Å². The zero-order valence-electron chi connectivity index (χ0n) is 16.8. The normalized spacial score (nSPS) is 23.9. The molecule has 0 bridgehead atoms. The first-order chi connectivity index (χ1) is 14.9. The minimum atomic E-state index is -0.664. The van der Waals surface area contributed by atoms with E-state index in [9.17, 15) is 14.0 Å². The van der Waals surface area contributed by atoms with Crippen LogP contribution in [0.2, 0.25) is 0 Å². The van der Waals surface area contributed by atoms with E-state index >= 15 is 0 Å². The molecule has 2 atom stereocenters. The number of ether oxygens (including phenoxy) is 2. The van der Waals surface area contributed by atoms with Crippen LogP contribution in [0.25, 0.3) is 0 Å². The van der Waals surface area contributed by atoms with Crippen LogP contribution in [-0.4, -0.2) is 40.7 Å². The number of carbonyl (C=O) groups is 2. The van der Waals surface area contributed by atoms with Gasteiger partial charge in [0.25, 0.3) is 11.8 Å². The van der Waals surface area contributed by atoms with Crippen LogP contribution in [0.1, 0.15) is 40.4 Å². The number of hydroxylamine groups is 1. The predicted molar refractivity (Wildman–Crippen MR) is 110 cm³/mol. The van der Waals surface area contributed by atoms with Crippen molar-refractivity contribution in [1.82, 2.24) is 5.48 Å². The van der Waals surface area contributed by atoms with Gasteiger partial charge in [0.15, 0.2) is 0 Å². The number of nitrogens with zero attached hydrogens (tertiary/aromatic N) is 1. The molecule has 31 heavy (non-hydrogen) atoms. The van der Waals surface area contributed by atoms with Gasteiger partial charge in [0.1, 0.15) is 24.2 Å². The van der Waals surface area contributed by atoms with Crippen LogP contribution in [0.3, 0.4) is 0 Å². The van der Waals surface area contributed by atoms with Crippen molar-refractivity contribution in [3.05, 3.63) is 65.0 Å². The lowest BCUT2D eigenvalue weighted by molar-refractivity contribution is -0.767. The Morgan fingerprint density at radius 1 is 1.13 bits per heavy atom. The summed E-state index contributed by atoms with van der Waals surface area (Å²) < 4.78 is 24.6. The largest absolute Gasteiger partial charge is 0.486 e. The Balaban J connectivity index is 1.75. The molecule has 2 aromatic rings. The summed E-state index contributed by atoms with van der Waals surface area (Å²) in [5.74, 6) is -0.920. The summed E-state index contributed by atoms with van der Waals surface area (Å²) >= 11 is 6.02. The van der Waals surface area contributed by atoms with Crippen LogP contribution >= 0.6 is 0 Å². The first-order valence-corrected chi connectivity index (χ1v) is 10.5. The average molecular weight is 447 g/mol. The second-order valence-electron chi connectivity index (χ2n) is 7.82. The molecule has 2 N–H and O–H groups in total. The standard InChI is InChI=1S/C22H23FN2O5S/c23-18-5-3-14(4-6-18)19-13-30-20-11-16(21(26)24-28)1-2-17(20)12-25(19,31)22(27)15-7-9-29-10-8-15/h1-6,11,15,19,28H,7-10,12-13H2,(H,24,26)/t19-,25?/m1/s1. The smallest absolute Gasteiger partial charge is 0.300 e. The Hall–Kier alpha value is -2.46. The molecule has 2 aliphatic rings. The van der Waals surface area contributed by atoms with Crippen molar-refractivity contribution in [2.75, 3.05) is 19.8 Å². The summed E-state index contributed by atoms with van der Waals surface area (Å²) in [7, 11) is 0. The minimum absolute atomic E-state index is 0.0822. The monoisotopic (exact) mass is 446 g/mol. The first kappa shape index (κ1) is 21.8. The Morgan fingerprint density at radius 3 is 2.52 bits per heavy atom. The molecule has 164 valence electrons. The summed E-state index contributed by atoms with van der Waals surface area (Å²) in [6.45, 7) is 1.30. The van der Waals surface area contributed by atoms with E-state index < -0.39 is 11.9 Å². The maximum atomic E-state index is 13.7. The Kier molecular flexibility index (Phi) is 6.29. The van der Waals surface area contributed by atoms with E-state index in [2.05, 4.69) is 0 Å². The lowest BCUT2D eigenvalue weighted by Gasteiger charge is -2.48. The van der Waals surface area contributed by atoms with Gasteiger partial charge in [-0.3, -0.25) is 10.0 Å². The third kappa shape index (κ3) is 4.31. The molecular weight excluding hydrogens is 423 g/mol. The van der Waals surface area contributed by atoms with Crippen LogP contribution in [-0.2, 0) is 28.9 Å². The Morgan fingerprint density at radius 2 is 1.84 bits per heavy atom. The fourth-order valence-corrected chi connectivity index (χ4v) is 4.66. The number of benzene rings is 2. The van der Waals surface area contributed by atoms with Gasteiger partial charge in [0.2, 0.25) is 0 Å². The topological polar surface area (TPSA) is 84.9 Å². The van der Waals surface area contributed by atoms with Crippen molar-refractivity contribution >= 4 is 24.6 Å². The highest BCUT2D eigenvalue weighted by molar-refractivity contribution is 7.52. The van der Waals surface area contributed by atoms with Crippen molar-refractivity contribution in [2.24, 2.45) is 5.92 Å². The van der Waals surface area contributed by atoms with E-state index in [0.717, 1.165) is 0 Å². The van der Waals surface area contributed by atoms with E-state index in [4.69, 9.17) is 27.5 Å². The quantitative estimate of drug-likeness (QED) is 0.327. The van der Waals surface area contributed by atoms with E-state index in [-0.39, 0.29) is 40.2 Å². The molecule has 0 aliphatic carbocycles. The van der Waals surface area contributed by atoms with E-state index in [1.165, 1.54) is 18.2 Å². The molecule has 1 unspecified atom stereocenters. The van der Waals surface area contributed by atoms with Gasteiger partial charge >= 0.3 is 0 Å². The number of amides is 2. The lowest BCUT2D eigenvalue weighted by atomic mass is 9.96. The van der Waals surface area contributed by atoms with Crippen LogP contribution in [0, 0.1) is 11.7 Å². The molecule has 9 heteroatoms. The molecule has 4 rings (SSSR count). The van der Waals surface area contributed by atoms with Gasteiger partial charge in [-0.1, -0.05) is 12.1 Å². The number of fused-ring (bicyclic) bond motifs is 1. The average Bonchev–Trinajstić information content (AvgIpc) is 2.95. The minimum Gasteiger partial charge on any atom is -0.486 e. The van der Waals surface area contributed by atoms with E-state index in [1.54, 1.807) is 29.7 Å². The van der Waals surface area contributed by atoms with E-state index in [1.807, 2.05) is 0 Å². The number of nitrogens with one attached hydrogen (secondary N) is 1. The van der Waals surface area contributed by atoms with Crippen LogP contribution < -0.4 is 10.2 Å².